The number of nitrogens with zero attached hydrogens (tertiary/aromatic N) is 3. The van der Waals surface area contributed by atoms with Crippen molar-refractivity contribution in [1.82, 2.24) is 20.1 Å². The van der Waals surface area contributed by atoms with Gasteiger partial charge in [0.15, 0.2) is 5.16 Å². The smallest absolute Gasteiger partial charge is 0.236 e. The number of aromatic nitrogens is 3. The number of amides is 1. The maximum Gasteiger partial charge on any atom is 0.236 e. The van der Waals surface area contributed by atoms with Gasteiger partial charge in [-0.1, -0.05) is 32.5 Å². The Hall–Kier alpha value is -1.04. The van der Waals surface area contributed by atoms with Gasteiger partial charge in [-0.05, 0) is 18.3 Å². The summed E-state index contributed by atoms with van der Waals surface area (Å²) >= 11 is 1.49. The first-order valence-electron chi connectivity index (χ1n) is 6.26. The summed E-state index contributed by atoms with van der Waals surface area (Å²) in [4.78, 5) is 18.4. The fourth-order valence-electron chi connectivity index (χ4n) is 2.13. The molecule has 1 aromatic rings. The SMILES string of the molecule is CC(C)(C)CN1CCC[C@@H](Sc2ncn[nH]2)C1=O. The molecule has 1 amide bonds. The summed E-state index contributed by atoms with van der Waals surface area (Å²) in [5, 5.41) is 7.32. The summed E-state index contributed by atoms with van der Waals surface area (Å²) in [6.07, 6.45) is 3.46. The Labute approximate surface area is 112 Å². The molecule has 100 valence electrons. The molecule has 0 bridgehead atoms. The zero-order valence-corrected chi connectivity index (χ0v) is 12.0. The van der Waals surface area contributed by atoms with Crippen molar-refractivity contribution in [3.8, 4) is 0 Å². The molecule has 0 unspecified atom stereocenters. The molecular weight excluding hydrogens is 248 g/mol. The number of likely N-dealkylation sites (tertiary alicyclic amines) is 1. The number of thioether (sulfide) groups is 1. The van der Waals surface area contributed by atoms with Crippen LogP contribution in [0.2, 0.25) is 0 Å². The molecule has 0 spiro atoms. The lowest BCUT2D eigenvalue weighted by atomic mass is 9.94. The molecule has 1 aliphatic heterocycles. The highest BCUT2D eigenvalue weighted by Gasteiger charge is 2.32. The van der Waals surface area contributed by atoms with E-state index in [-0.39, 0.29) is 16.6 Å². The zero-order valence-electron chi connectivity index (χ0n) is 11.1. The lowest BCUT2D eigenvalue weighted by Gasteiger charge is -2.35. The number of aromatic amines is 1. The van der Waals surface area contributed by atoms with Crippen molar-refractivity contribution in [2.75, 3.05) is 13.1 Å². The van der Waals surface area contributed by atoms with E-state index < -0.39 is 0 Å². The molecule has 18 heavy (non-hydrogen) atoms. The molecule has 6 heteroatoms. The molecule has 0 aliphatic carbocycles. The topological polar surface area (TPSA) is 61.9 Å². The van der Waals surface area contributed by atoms with Crippen LogP contribution < -0.4 is 0 Å². The molecule has 1 atom stereocenters. The van der Waals surface area contributed by atoms with Crippen LogP contribution in [0.1, 0.15) is 33.6 Å². The molecule has 2 heterocycles. The molecule has 1 aliphatic rings. The molecule has 1 saturated heterocycles. The fraction of sp³-hybridized carbons (Fsp3) is 0.750. The monoisotopic (exact) mass is 268 g/mol. The molecule has 1 N–H and O–H groups in total. The Morgan fingerprint density at radius 2 is 2.33 bits per heavy atom. The number of piperidine rings is 1. The van der Waals surface area contributed by atoms with Crippen LogP contribution in [0.25, 0.3) is 0 Å². The van der Waals surface area contributed by atoms with Crippen molar-refractivity contribution in [2.45, 2.75) is 44.0 Å². The third-order valence-electron chi connectivity index (χ3n) is 2.79. The predicted molar refractivity (Wildman–Crippen MR) is 71.3 cm³/mol. The van der Waals surface area contributed by atoms with Gasteiger partial charge in [0.25, 0.3) is 0 Å². The Kier molecular flexibility index (Phi) is 3.94. The molecule has 2 rings (SSSR count). The number of hydrogen-bond donors (Lipinski definition) is 1. The molecule has 0 radical (unpaired) electrons. The number of nitrogens with one attached hydrogen (secondary N) is 1. The highest BCUT2D eigenvalue weighted by molar-refractivity contribution is 8.00. The van der Waals surface area contributed by atoms with Crippen LogP contribution in [0, 0.1) is 5.41 Å². The number of carbonyl (C=O) groups is 1. The van der Waals surface area contributed by atoms with Gasteiger partial charge in [-0.25, -0.2) is 4.98 Å². The lowest BCUT2D eigenvalue weighted by molar-refractivity contribution is -0.133. The number of rotatable bonds is 3. The lowest BCUT2D eigenvalue weighted by Crippen LogP contribution is -2.46. The average molecular weight is 268 g/mol. The van der Waals surface area contributed by atoms with Gasteiger partial charge in [-0.15, -0.1) is 0 Å². The molecule has 0 aromatic carbocycles. The van der Waals surface area contributed by atoms with Gasteiger partial charge in [0.2, 0.25) is 5.91 Å². The average Bonchev–Trinajstić information content (AvgIpc) is 2.75. The van der Waals surface area contributed by atoms with E-state index in [1.807, 2.05) is 4.90 Å². The largest absolute Gasteiger partial charge is 0.341 e. The fourth-order valence-corrected chi connectivity index (χ4v) is 3.15. The number of carbonyl (C=O) groups excluding carboxylic acids is 1. The van der Waals surface area contributed by atoms with E-state index in [1.54, 1.807) is 0 Å². The summed E-state index contributed by atoms with van der Waals surface area (Å²) in [5.41, 5.74) is 0.147. The molecule has 0 saturated carbocycles. The first-order valence-corrected chi connectivity index (χ1v) is 7.14. The van der Waals surface area contributed by atoms with Gasteiger partial charge in [-0.3, -0.25) is 9.89 Å². The number of hydrogen-bond acceptors (Lipinski definition) is 4. The van der Waals surface area contributed by atoms with E-state index in [1.165, 1.54) is 18.1 Å². The van der Waals surface area contributed by atoms with Crippen LogP contribution in [0.15, 0.2) is 11.5 Å². The quantitative estimate of drug-likeness (QED) is 0.910. The van der Waals surface area contributed by atoms with Gasteiger partial charge in [0.05, 0.1) is 5.25 Å². The highest BCUT2D eigenvalue weighted by Crippen LogP contribution is 2.29. The molecule has 1 fully saturated rings. The second kappa shape index (κ2) is 5.30. The first-order chi connectivity index (χ1) is 8.46. The van der Waals surface area contributed by atoms with E-state index in [0.717, 1.165) is 31.1 Å². The van der Waals surface area contributed by atoms with Crippen LogP contribution in [0.5, 0.6) is 0 Å². The van der Waals surface area contributed by atoms with Gasteiger partial charge in [0, 0.05) is 13.1 Å². The van der Waals surface area contributed by atoms with E-state index in [0.29, 0.717) is 0 Å². The maximum absolute atomic E-state index is 12.4. The van der Waals surface area contributed by atoms with Crippen molar-refractivity contribution >= 4 is 17.7 Å². The summed E-state index contributed by atoms with van der Waals surface area (Å²) in [5.74, 6) is 0.234. The van der Waals surface area contributed by atoms with Gasteiger partial charge < -0.3 is 4.90 Å². The normalized spacial score (nSPS) is 21.4. The van der Waals surface area contributed by atoms with E-state index in [4.69, 9.17) is 0 Å². The predicted octanol–water partition coefficient (Wildman–Crippen LogP) is 1.93. The van der Waals surface area contributed by atoms with Gasteiger partial charge in [0.1, 0.15) is 6.33 Å². The highest BCUT2D eigenvalue weighted by atomic mass is 32.2. The Morgan fingerprint density at radius 1 is 1.56 bits per heavy atom. The minimum Gasteiger partial charge on any atom is -0.341 e. The van der Waals surface area contributed by atoms with Crippen LogP contribution in [-0.2, 0) is 4.79 Å². The third-order valence-corrected chi connectivity index (χ3v) is 3.94. The zero-order chi connectivity index (χ0) is 13.2. The summed E-state index contributed by atoms with van der Waals surface area (Å²) < 4.78 is 0. The molecule has 5 nitrogen and oxygen atoms in total. The standard InChI is InChI=1S/C12H20N4OS/c1-12(2,3)7-16-6-4-5-9(10(16)17)18-11-13-8-14-15-11/h8-9H,4-7H2,1-3H3,(H,13,14,15)/t9-/m1/s1. The first kappa shape index (κ1) is 13.4. The molecule has 1 aromatic heterocycles. The van der Waals surface area contributed by atoms with Crippen molar-refractivity contribution in [3.63, 3.8) is 0 Å². The summed E-state index contributed by atoms with van der Waals surface area (Å²) in [6.45, 7) is 8.18. The van der Waals surface area contributed by atoms with Crippen LogP contribution in [0.4, 0.5) is 0 Å². The van der Waals surface area contributed by atoms with E-state index in [2.05, 4.69) is 36.0 Å². The Balaban J connectivity index is 1.98. The Morgan fingerprint density at radius 3 is 2.94 bits per heavy atom. The maximum atomic E-state index is 12.4. The van der Waals surface area contributed by atoms with E-state index in [9.17, 15) is 4.79 Å². The second-order valence-electron chi connectivity index (χ2n) is 5.86. The van der Waals surface area contributed by atoms with E-state index >= 15 is 0 Å². The van der Waals surface area contributed by atoms with Crippen molar-refractivity contribution < 1.29 is 4.79 Å². The summed E-state index contributed by atoms with van der Waals surface area (Å²) in [7, 11) is 0. The minimum atomic E-state index is -0.0194. The van der Waals surface area contributed by atoms with Crippen LogP contribution in [-0.4, -0.2) is 44.3 Å². The summed E-state index contributed by atoms with van der Waals surface area (Å²) in [6, 6.07) is 0. The molecular formula is C12H20N4OS. The third kappa shape index (κ3) is 3.48. The van der Waals surface area contributed by atoms with Gasteiger partial charge in [-0.2, -0.15) is 5.10 Å². The number of H-pyrrole nitrogens is 1. The van der Waals surface area contributed by atoms with Crippen molar-refractivity contribution in [3.05, 3.63) is 6.33 Å². The van der Waals surface area contributed by atoms with Crippen molar-refractivity contribution in [1.29, 1.82) is 0 Å². The van der Waals surface area contributed by atoms with Crippen molar-refractivity contribution in [2.24, 2.45) is 5.41 Å². The second-order valence-corrected chi connectivity index (χ2v) is 7.05. The minimum absolute atomic E-state index is 0.0194. The van der Waals surface area contributed by atoms with Gasteiger partial charge >= 0.3 is 0 Å². The Bertz CT molecular complexity index is 399. The van der Waals surface area contributed by atoms with Crippen LogP contribution >= 0.6 is 11.8 Å². The van der Waals surface area contributed by atoms with Crippen LogP contribution in [0.3, 0.4) is 0 Å².